The Morgan fingerprint density at radius 1 is 1.33 bits per heavy atom. The molecule has 0 aromatic rings. The van der Waals surface area contributed by atoms with Gasteiger partial charge in [-0.15, -0.1) is 0 Å². The second-order valence-corrected chi connectivity index (χ2v) is 3.65. The van der Waals surface area contributed by atoms with Crippen LogP contribution in [0.4, 0.5) is 0 Å². The Labute approximate surface area is 105 Å². The number of carboxylic acid groups (broad SMARTS) is 1. The van der Waals surface area contributed by atoms with Gasteiger partial charge in [0.2, 0.25) is 11.8 Å². The number of amides is 2. The van der Waals surface area contributed by atoms with Crippen molar-refractivity contribution in [2.75, 3.05) is 13.2 Å². The molecule has 0 aromatic heterocycles. The van der Waals surface area contributed by atoms with E-state index in [0.29, 0.717) is 6.61 Å². The van der Waals surface area contributed by atoms with Crippen LogP contribution in [-0.4, -0.2) is 48.2 Å². The fourth-order valence-electron chi connectivity index (χ4n) is 1.31. The van der Waals surface area contributed by atoms with Crippen molar-refractivity contribution < 1.29 is 24.2 Å². The van der Waals surface area contributed by atoms with Crippen molar-refractivity contribution in [2.24, 2.45) is 11.5 Å². The Kier molecular flexibility index (Phi) is 7.64. The van der Waals surface area contributed by atoms with Crippen LogP contribution in [0.15, 0.2) is 0 Å². The molecule has 0 rings (SSSR count). The van der Waals surface area contributed by atoms with Gasteiger partial charge in [0.1, 0.15) is 6.04 Å². The van der Waals surface area contributed by atoms with Gasteiger partial charge in [-0.2, -0.15) is 0 Å². The molecule has 0 bridgehead atoms. The standard InChI is InChI=1S/C10H19N3O5/c1-2-18-6(5-11)3-9(15)13-7(10(16)17)4-8(12)14/h6-7H,2-5,11H2,1H3,(H2,12,14)(H,13,15)(H,16,17)/t6?,7-/m1/s1. The number of rotatable bonds is 9. The topological polar surface area (TPSA) is 145 Å². The van der Waals surface area contributed by atoms with E-state index >= 15 is 0 Å². The molecule has 1 unspecified atom stereocenters. The summed E-state index contributed by atoms with van der Waals surface area (Å²) in [6, 6.07) is -1.32. The first kappa shape index (κ1) is 16.3. The molecule has 0 heterocycles. The maximum atomic E-state index is 11.5. The van der Waals surface area contributed by atoms with E-state index in [4.69, 9.17) is 21.3 Å². The van der Waals surface area contributed by atoms with E-state index in [0.717, 1.165) is 0 Å². The summed E-state index contributed by atoms with van der Waals surface area (Å²) in [7, 11) is 0. The predicted molar refractivity (Wildman–Crippen MR) is 62.5 cm³/mol. The smallest absolute Gasteiger partial charge is 0.326 e. The number of aliphatic carboxylic acids is 1. The lowest BCUT2D eigenvalue weighted by atomic mass is 10.1. The Balaban J connectivity index is 4.32. The molecule has 0 saturated heterocycles. The molecule has 104 valence electrons. The number of primary amides is 1. The molecular weight excluding hydrogens is 242 g/mol. The van der Waals surface area contributed by atoms with Gasteiger partial charge in [0.25, 0.3) is 0 Å². The monoisotopic (exact) mass is 261 g/mol. The van der Waals surface area contributed by atoms with Crippen molar-refractivity contribution in [3.63, 3.8) is 0 Å². The van der Waals surface area contributed by atoms with Crippen molar-refractivity contribution in [3.05, 3.63) is 0 Å². The van der Waals surface area contributed by atoms with Gasteiger partial charge in [0, 0.05) is 13.2 Å². The minimum absolute atomic E-state index is 0.0626. The van der Waals surface area contributed by atoms with E-state index in [2.05, 4.69) is 5.32 Å². The summed E-state index contributed by atoms with van der Waals surface area (Å²) in [6.45, 7) is 2.31. The highest BCUT2D eigenvalue weighted by atomic mass is 16.5. The van der Waals surface area contributed by atoms with Gasteiger partial charge in [-0.1, -0.05) is 0 Å². The average molecular weight is 261 g/mol. The van der Waals surface area contributed by atoms with Gasteiger partial charge in [-0.3, -0.25) is 9.59 Å². The Morgan fingerprint density at radius 2 is 1.94 bits per heavy atom. The summed E-state index contributed by atoms with van der Waals surface area (Å²) in [6.07, 6.45) is -0.992. The highest BCUT2D eigenvalue weighted by molar-refractivity contribution is 5.88. The average Bonchev–Trinajstić information content (AvgIpc) is 2.26. The number of carbonyl (C=O) groups excluding carboxylic acids is 2. The zero-order chi connectivity index (χ0) is 14.1. The number of ether oxygens (including phenoxy) is 1. The van der Waals surface area contributed by atoms with E-state index in [1.807, 2.05) is 0 Å². The summed E-state index contributed by atoms with van der Waals surface area (Å²) in [5.41, 5.74) is 10.3. The normalized spacial score (nSPS) is 13.7. The molecule has 6 N–H and O–H groups in total. The molecule has 0 aromatic carbocycles. The number of carboxylic acids is 1. The summed E-state index contributed by atoms with van der Waals surface area (Å²) < 4.78 is 5.16. The second-order valence-electron chi connectivity index (χ2n) is 3.65. The summed E-state index contributed by atoms with van der Waals surface area (Å²) in [5.74, 6) is -2.67. The highest BCUT2D eigenvalue weighted by Gasteiger charge is 2.23. The van der Waals surface area contributed by atoms with Crippen molar-refractivity contribution in [3.8, 4) is 0 Å². The van der Waals surface area contributed by atoms with Gasteiger partial charge in [0.15, 0.2) is 0 Å². The van der Waals surface area contributed by atoms with Crippen molar-refractivity contribution in [1.82, 2.24) is 5.32 Å². The van der Waals surface area contributed by atoms with Crippen LogP contribution in [0, 0.1) is 0 Å². The van der Waals surface area contributed by atoms with Crippen LogP contribution in [0.1, 0.15) is 19.8 Å². The SMILES string of the molecule is CCOC(CN)CC(=O)N[C@H](CC(N)=O)C(=O)O. The lowest BCUT2D eigenvalue weighted by Gasteiger charge is -2.17. The number of hydrogen-bond acceptors (Lipinski definition) is 5. The first-order valence-electron chi connectivity index (χ1n) is 5.52. The molecular formula is C10H19N3O5. The first-order valence-corrected chi connectivity index (χ1v) is 5.52. The molecule has 0 fully saturated rings. The molecule has 0 aliphatic heterocycles. The maximum Gasteiger partial charge on any atom is 0.326 e. The van der Waals surface area contributed by atoms with Crippen LogP contribution >= 0.6 is 0 Å². The third kappa shape index (κ3) is 6.81. The van der Waals surface area contributed by atoms with Gasteiger partial charge in [-0.25, -0.2) is 4.79 Å². The van der Waals surface area contributed by atoms with Gasteiger partial charge in [0.05, 0.1) is 18.9 Å². The van der Waals surface area contributed by atoms with Crippen LogP contribution < -0.4 is 16.8 Å². The second kappa shape index (κ2) is 8.43. The molecule has 0 aliphatic carbocycles. The molecule has 8 nitrogen and oxygen atoms in total. The fourth-order valence-corrected chi connectivity index (χ4v) is 1.31. The minimum Gasteiger partial charge on any atom is -0.480 e. The zero-order valence-electron chi connectivity index (χ0n) is 10.2. The van der Waals surface area contributed by atoms with Gasteiger partial charge >= 0.3 is 5.97 Å². The van der Waals surface area contributed by atoms with E-state index in [1.165, 1.54) is 0 Å². The molecule has 2 atom stereocenters. The van der Waals surface area contributed by atoms with Crippen LogP contribution in [0.25, 0.3) is 0 Å². The number of nitrogens with one attached hydrogen (secondary N) is 1. The fraction of sp³-hybridized carbons (Fsp3) is 0.700. The van der Waals surface area contributed by atoms with E-state index in [9.17, 15) is 14.4 Å². The van der Waals surface area contributed by atoms with Crippen LogP contribution in [0.5, 0.6) is 0 Å². The van der Waals surface area contributed by atoms with E-state index in [-0.39, 0.29) is 13.0 Å². The Morgan fingerprint density at radius 3 is 2.33 bits per heavy atom. The predicted octanol–water partition coefficient (Wildman–Crippen LogP) is -1.81. The van der Waals surface area contributed by atoms with E-state index in [1.54, 1.807) is 6.92 Å². The minimum atomic E-state index is -1.32. The molecule has 0 saturated carbocycles. The molecule has 2 amide bonds. The van der Waals surface area contributed by atoms with E-state index < -0.39 is 36.4 Å². The quantitative estimate of drug-likeness (QED) is 0.385. The molecule has 18 heavy (non-hydrogen) atoms. The first-order chi connectivity index (χ1) is 8.40. The lowest BCUT2D eigenvalue weighted by Crippen LogP contribution is -2.45. The van der Waals surface area contributed by atoms with Crippen LogP contribution in [0.3, 0.4) is 0 Å². The molecule has 0 radical (unpaired) electrons. The van der Waals surface area contributed by atoms with Crippen molar-refractivity contribution in [1.29, 1.82) is 0 Å². The third-order valence-corrected chi connectivity index (χ3v) is 2.12. The molecule has 0 aliphatic rings. The largest absolute Gasteiger partial charge is 0.480 e. The Bertz CT molecular complexity index is 308. The summed E-state index contributed by atoms with van der Waals surface area (Å²) in [4.78, 5) is 32.9. The van der Waals surface area contributed by atoms with Gasteiger partial charge < -0.3 is 26.6 Å². The van der Waals surface area contributed by atoms with Crippen LogP contribution in [0.2, 0.25) is 0 Å². The van der Waals surface area contributed by atoms with Gasteiger partial charge in [-0.05, 0) is 6.92 Å². The number of nitrogens with two attached hydrogens (primary N) is 2. The zero-order valence-corrected chi connectivity index (χ0v) is 10.2. The van der Waals surface area contributed by atoms with Crippen LogP contribution in [-0.2, 0) is 19.1 Å². The summed E-state index contributed by atoms with van der Waals surface area (Å²) in [5, 5.41) is 11.0. The maximum absolute atomic E-state index is 11.5. The molecule has 8 heteroatoms. The molecule has 0 spiro atoms. The number of carbonyl (C=O) groups is 3. The highest BCUT2D eigenvalue weighted by Crippen LogP contribution is 1.99. The van der Waals surface area contributed by atoms with Crippen molar-refractivity contribution >= 4 is 17.8 Å². The third-order valence-electron chi connectivity index (χ3n) is 2.12. The van der Waals surface area contributed by atoms with Crippen molar-refractivity contribution in [2.45, 2.75) is 31.9 Å². The Hall–Kier alpha value is -1.67. The number of hydrogen-bond donors (Lipinski definition) is 4. The summed E-state index contributed by atoms with van der Waals surface area (Å²) >= 11 is 0. The lowest BCUT2D eigenvalue weighted by molar-refractivity contribution is -0.143.